The van der Waals surface area contributed by atoms with E-state index in [1.165, 1.54) is 31.2 Å². The molecule has 0 unspecified atom stereocenters. The Morgan fingerprint density at radius 1 is 1.06 bits per heavy atom. The molecule has 0 aliphatic heterocycles. The molecule has 160 valence electrons. The zero-order chi connectivity index (χ0) is 22.2. The summed E-state index contributed by atoms with van der Waals surface area (Å²) in [6.07, 6.45) is -0.0646. The molecule has 0 spiro atoms. The van der Waals surface area contributed by atoms with Crippen LogP contribution < -0.4 is 16.4 Å². The fourth-order valence-electron chi connectivity index (χ4n) is 2.77. The second-order valence-electron chi connectivity index (χ2n) is 6.59. The number of halogens is 1. The topological polar surface area (TPSA) is 132 Å². The smallest absolute Gasteiger partial charge is 0.308 e. The van der Waals surface area contributed by atoms with E-state index in [9.17, 15) is 14.0 Å². The van der Waals surface area contributed by atoms with E-state index in [4.69, 9.17) is 10.5 Å². The first kappa shape index (κ1) is 21.6. The first-order valence-electron chi connectivity index (χ1n) is 9.40. The predicted octanol–water partition coefficient (Wildman–Crippen LogP) is 2.65. The fraction of sp³-hybridized carbons (Fsp3) is 0.190. The van der Waals surface area contributed by atoms with Crippen LogP contribution in [-0.2, 0) is 20.9 Å². The molecule has 10 heteroatoms. The van der Waals surface area contributed by atoms with Crippen LogP contribution in [0, 0.1) is 5.82 Å². The number of carbonyl (C=O) groups is 2. The number of hydrogen-bond donors (Lipinski definition) is 3. The summed E-state index contributed by atoms with van der Waals surface area (Å²) in [4.78, 5) is 35.9. The summed E-state index contributed by atoms with van der Waals surface area (Å²) in [5.74, 6) is -0.975. The minimum Gasteiger partial charge on any atom is -0.457 e. The number of esters is 1. The maximum absolute atomic E-state index is 13.0. The maximum atomic E-state index is 13.0. The molecule has 31 heavy (non-hydrogen) atoms. The minimum atomic E-state index is -0.547. The highest BCUT2D eigenvalue weighted by atomic mass is 19.1. The van der Waals surface area contributed by atoms with Gasteiger partial charge in [0.05, 0.1) is 12.5 Å². The Morgan fingerprint density at radius 3 is 2.45 bits per heavy atom. The first-order valence-corrected chi connectivity index (χ1v) is 9.40. The van der Waals surface area contributed by atoms with Gasteiger partial charge in [-0.2, -0.15) is 15.0 Å². The second kappa shape index (κ2) is 10.1. The molecule has 0 fully saturated rings. The van der Waals surface area contributed by atoms with Crippen molar-refractivity contribution >= 4 is 29.5 Å². The Bertz CT molecular complexity index is 1050. The van der Waals surface area contributed by atoms with Crippen LogP contribution in [0.15, 0.2) is 54.6 Å². The molecule has 3 aromatic rings. The number of rotatable bonds is 8. The zero-order valence-corrected chi connectivity index (χ0v) is 16.7. The molecule has 1 atom stereocenters. The van der Waals surface area contributed by atoms with E-state index >= 15 is 0 Å². The monoisotopic (exact) mass is 424 g/mol. The number of hydrogen-bond acceptors (Lipinski definition) is 8. The third kappa shape index (κ3) is 6.74. The number of carbonyl (C=O) groups excluding carboxylic acids is 2. The Hall–Kier alpha value is -4.08. The third-order valence-corrected chi connectivity index (χ3v) is 4.11. The van der Waals surface area contributed by atoms with Crippen LogP contribution in [0.2, 0.25) is 0 Å². The lowest BCUT2D eigenvalue weighted by Gasteiger charge is -2.17. The standard InChI is InChI=1S/C21H21FN6O3/c1-13(29)24-17(14-5-3-2-4-6-14)11-19(30)31-12-18-26-20(23)28-21(27-18)25-16-9-7-15(22)8-10-16/h2-10,17H,11-12H2,1H3,(H,24,29)(H3,23,25,26,27,28)/t17-/m1/s1. The number of ether oxygens (including phenoxy) is 1. The van der Waals surface area contributed by atoms with Gasteiger partial charge in [0.25, 0.3) is 0 Å². The number of nitrogens with one attached hydrogen (secondary N) is 2. The quantitative estimate of drug-likeness (QED) is 0.470. The van der Waals surface area contributed by atoms with E-state index in [1.54, 1.807) is 0 Å². The van der Waals surface area contributed by atoms with Gasteiger partial charge in [-0.1, -0.05) is 30.3 Å². The van der Waals surface area contributed by atoms with Gasteiger partial charge in [-0.25, -0.2) is 4.39 Å². The summed E-state index contributed by atoms with van der Waals surface area (Å²) in [5, 5.41) is 5.62. The van der Waals surface area contributed by atoms with Gasteiger partial charge in [-0.05, 0) is 29.8 Å². The van der Waals surface area contributed by atoms with Gasteiger partial charge in [-0.3, -0.25) is 9.59 Å². The van der Waals surface area contributed by atoms with Gasteiger partial charge < -0.3 is 21.1 Å². The number of amides is 1. The number of anilines is 3. The van der Waals surface area contributed by atoms with Gasteiger partial charge in [0.15, 0.2) is 12.4 Å². The molecule has 2 aromatic carbocycles. The molecule has 0 radical (unpaired) electrons. The van der Waals surface area contributed by atoms with E-state index in [0.717, 1.165) is 5.56 Å². The largest absolute Gasteiger partial charge is 0.457 e. The molecule has 1 amide bonds. The van der Waals surface area contributed by atoms with Crippen molar-refractivity contribution in [2.45, 2.75) is 26.0 Å². The van der Waals surface area contributed by atoms with Crippen LogP contribution >= 0.6 is 0 Å². The van der Waals surface area contributed by atoms with Crippen LogP contribution in [-0.4, -0.2) is 26.8 Å². The number of nitrogens with two attached hydrogens (primary N) is 1. The van der Waals surface area contributed by atoms with Crippen LogP contribution in [0.3, 0.4) is 0 Å². The minimum absolute atomic E-state index is 0.0638. The van der Waals surface area contributed by atoms with E-state index in [0.29, 0.717) is 5.69 Å². The van der Waals surface area contributed by atoms with E-state index in [1.807, 2.05) is 30.3 Å². The molecule has 0 saturated carbocycles. The number of aromatic nitrogens is 3. The van der Waals surface area contributed by atoms with Gasteiger partial charge in [0, 0.05) is 12.6 Å². The predicted molar refractivity (Wildman–Crippen MR) is 111 cm³/mol. The van der Waals surface area contributed by atoms with Crippen molar-refractivity contribution in [3.8, 4) is 0 Å². The molecule has 0 bridgehead atoms. The van der Waals surface area contributed by atoms with Crippen molar-refractivity contribution in [1.29, 1.82) is 0 Å². The molecule has 0 saturated heterocycles. The summed E-state index contributed by atoms with van der Waals surface area (Å²) in [6, 6.07) is 14.2. The average Bonchev–Trinajstić information content (AvgIpc) is 2.73. The van der Waals surface area contributed by atoms with Gasteiger partial charge in [0.1, 0.15) is 5.82 Å². The van der Waals surface area contributed by atoms with Crippen LogP contribution in [0.5, 0.6) is 0 Å². The Labute approximate surface area is 177 Å². The van der Waals surface area contributed by atoms with Crippen molar-refractivity contribution in [1.82, 2.24) is 20.3 Å². The van der Waals surface area contributed by atoms with E-state index in [-0.39, 0.29) is 42.5 Å². The first-order chi connectivity index (χ1) is 14.9. The second-order valence-corrected chi connectivity index (χ2v) is 6.59. The van der Waals surface area contributed by atoms with Crippen LogP contribution in [0.1, 0.15) is 30.8 Å². The summed E-state index contributed by atoms with van der Waals surface area (Å²) in [6.45, 7) is 1.15. The molecule has 1 aromatic heterocycles. The van der Waals surface area contributed by atoms with Gasteiger partial charge >= 0.3 is 5.97 Å². The van der Waals surface area contributed by atoms with Gasteiger partial charge in [0.2, 0.25) is 17.8 Å². The zero-order valence-electron chi connectivity index (χ0n) is 16.7. The van der Waals surface area contributed by atoms with E-state index < -0.39 is 12.0 Å². The van der Waals surface area contributed by atoms with Crippen molar-refractivity contribution < 1.29 is 18.7 Å². The fourth-order valence-corrected chi connectivity index (χ4v) is 2.77. The Morgan fingerprint density at radius 2 is 1.77 bits per heavy atom. The highest BCUT2D eigenvalue weighted by Gasteiger charge is 2.18. The molecule has 0 aliphatic carbocycles. The van der Waals surface area contributed by atoms with Crippen molar-refractivity contribution in [2.24, 2.45) is 0 Å². The van der Waals surface area contributed by atoms with Gasteiger partial charge in [-0.15, -0.1) is 0 Å². The molecule has 0 aliphatic rings. The lowest BCUT2D eigenvalue weighted by molar-refractivity contribution is -0.146. The number of benzene rings is 2. The van der Waals surface area contributed by atoms with Crippen molar-refractivity contribution in [3.05, 3.63) is 71.8 Å². The summed E-state index contributed by atoms with van der Waals surface area (Å²) in [7, 11) is 0. The number of nitrogen functional groups attached to an aromatic ring is 1. The molecule has 9 nitrogen and oxygen atoms in total. The molecular formula is C21H21FN6O3. The Kier molecular flexibility index (Phi) is 7.05. The van der Waals surface area contributed by atoms with Crippen molar-refractivity contribution in [3.63, 3.8) is 0 Å². The highest BCUT2D eigenvalue weighted by Crippen LogP contribution is 2.18. The third-order valence-electron chi connectivity index (χ3n) is 4.11. The normalized spacial score (nSPS) is 11.4. The van der Waals surface area contributed by atoms with E-state index in [2.05, 4.69) is 25.6 Å². The SMILES string of the molecule is CC(=O)N[C@H](CC(=O)OCc1nc(N)nc(Nc2ccc(F)cc2)n1)c1ccccc1. The van der Waals surface area contributed by atoms with Crippen LogP contribution in [0.4, 0.5) is 22.0 Å². The highest BCUT2D eigenvalue weighted by molar-refractivity contribution is 5.76. The number of nitrogens with zero attached hydrogens (tertiary/aromatic N) is 3. The molecular weight excluding hydrogens is 403 g/mol. The van der Waals surface area contributed by atoms with Crippen LogP contribution in [0.25, 0.3) is 0 Å². The molecule has 3 rings (SSSR count). The molecule has 1 heterocycles. The maximum Gasteiger partial charge on any atom is 0.308 e. The summed E-state index contributed by atoms with van der Waals surface area (Å²) in [5.41, 5.74) is 7.04. The van der Waals surface area contributed by atoms with Crippen molar-refractivity contribution in [2.75, 3.05) is 11.1 Å². The lowest BCUT2D eigenvalue weighted by atomic mass is 10.0. The average molecular weight is 424 g/mol. The summed E-state index contributed by atoms with van der Waals surface area (Å²) >= 11 is 0. The summed E-state index contributed by atoms with van der Waals surface area (Å²) < 4.78 is 18.3. The lowest BCUT2D eigenvalue weighted by Crippen LogP contribution is -2.28. The molecule has 4 N–H and O–H groups in total. The Balaban J connectivity index is 1.63.